The molecule has 0 radical (unpaired) electrons. The summed E-state index contributed by atoms with van der Waals surface area (Å²) >= 11 is 0. The third kappa shape index (κ3) is 3.82. The molecule has 96 valence electrons. The van der Waals surface area contributed by atoms with Crippen molar-refractivity contribution < 1.29 is 8.42 Å². The Morgan fingerprint density at radius 3 is 2.24 bits per heavy atom. The fraction of sp³-hybridized carbons (Fsp3) is 0.538. The first kappa shape index (κ1) is 14.2. The monoisotopic (exact) mass is 255 g/mol. The van der Waals surface area contributed by atoms with Gasteiger partial charge in [0, 0.05) is 6.26 Å². The quantitative estimate of drug-likeness (QED) is 0.818. The maximum absolute atomic E-state index is 11.7. The molecule has 0 fully saturated rings. The maximum atomic E-state index is 11.7. The molecule has 0 unspecified atom stereocenters. The molecule has 3 nitrogen and oxygen atoms in total. The van der Waals surface area contributed by atoms with Crippen molar-refractivity contribution in [2.45, 2.75) is 38.0 Å². The Hall–Kier alpha value is -0.870. The summed E-state index contributed by atoms with van der Waals surface area (Å²) in [7, 11) is -3.14. The minimum absolute atomic E-state index is 0.470. The number of sulfone groups is 1. The van der Waals surface area contributed by atoms with E-state index in [2.05, 4.69) is 0 Å². The van der Waals surface area contributed by atoms with Crippen LogP contribution in [-0.4, -0.2) is 21.2 Å². The zero-order chi connectivity index (χ0) is 13.1. The predicted molar refractivity (Wildman–Crippen MR) is 71.0 cm³/mol. The van der Waals surface area contributed by atoms with Gasteiger partial charge in [0.15, 0.2) is 9.84 Å². The minimum Gasteiger partial charge on any atom is -0.330 e. The molecule has 4 heteroatoms. The minimum atomic E-state index is -3.14. The van der Waals surface area contributed by atoms with Gasteiger partial charge in [-0.2, -0.15) is 0 Å². The first-order valence-electron chi connectivity index (χ1n) is 5.86. The number of unbranched alkanes of at least 4 members (excludes halogenated alkanes) is 1. The van der Waals surface area contributed by atoms with Gasteiger partial charge in [-0.25, -0.2) is 8.42 Å². The van der Waals surface area contributed by atoms with Gasteiger partial charge in [0.2, 0.25) is 0 Å². The third-order valence-corrected chi connectivity index (χ3v) is 4.16. The molecule has 0 saturated heterocycles. The number of hydrogen-bond donors (Lipinski definition) is 1. The molecular formula is C13H21NO2S. The van der Waals surface area contributed by atoms with Crippen LogP contribution in [0, 0.1) is 13.8 Å². The highest BCUT2D eigenvalue weighted by Gasteiger charge is 2.14. The fourth-order valence-electron chi connectivity index (χ4n) is 1.85. The molecule has 1 aromatic carbocycles. The summed E-state index contributed by atoms with van der Waals surface area (Å²) in [6.45, 7) is 4.60. The predicted octanol–water partition coefficient (Wildman–Crippen LogP) is 1.99. The van der Waals surface area contributed by atoms with Gasteiger partial charge in [0.05, 0.1) is 4.90 Å². The SMILES string of the molecule is Cc1cc(CCCCN)c(S(C)(=O)=O)cc1C. The van der Waals surface area contributed by atoms with Crippen LogP contribution >= 0.6 is 0 Å². The van der Waals surface area contributed by atoms with Crippen molar-refractivity contribution in [1.29, 1.82) is 0 Å². The molecular weight excluding hydrogens is 234 g/mol. The summed E-state index contributed by atoms with van der Waals surface area (Å²) in [4.78, 5) is 0.470. The van der Waals surface area contributed by atoms with Gasteiger partial charge in [-0.05, 0) is 62.4 Å². The standard InChI is InChI=1S/C13H21NO2S/c1-10-8-12(6-4-5-7-14)13(9-11(10)2)17(3,15)16/h8-9H,4-7,14H2,1-3H3. The molecule has 1 aromatic rings. The highest BCUT2D eigenvalue weighted by Crippen LogP contribution is 2.22. The molecule has 2 N–H and O–H groups in total. The number of hydrogen-bond acceptors (Lipinski definition) is 3. The Labute approximate surface area is 104 Å². The van der Waals surface area contributed by atoms with E-state index in [1.54, 1.807) is 6.07 Å². The molecule has 0 atom stereocenters. The molecule has 0 saturated carbocycles. The molecule has 17 heavy (non-hydrogen) atoms. The van der Waals surface area contributed by atoms with Crippen LogP contribution in [0.25, 0.3) is 0 Å². The molecule has 0 aliphatic carbocycles. The molecule has 0 aliphatic rings. The van der Waals surface area contributed by atoms with Crippen LogP contribution in [0.15, 0.2) is 17.0 Å². The molecule has 0 aromatic heterocycles. The second kappa shape index (κ2) is 5.65. The number of rotatable bonds is 5. The molecule has 0 spiro atoms. The van der Waals surface area contributed by atoms with Crippen LogP contribution in [0.4, 0.5) is 0 Å². The van der Waals surface area contributed by atoms with Crippen LogP contribution in [0.2, 0.25) is 0 Å². The van der Waals surface area contributed by atoms with E-state index in [0.717, 1.165) is 36.0 Å². The van der Waals surface area contributed by atoms with Crippen LogP contribution in [0.3, 0.4) is 0 Å². The van der Waals surface area contributed by atoms with Crippen molar-refractivity contribution in [3.05, 3.63) is 28.8 Å². The van der Waals surface area contributed by atoms with Crippen molar-refractivity contribution in [2.24, 2.45) is 5.73 Å². The summed E-state index contributed by atoms with van der Waals surface area (Å²) in [5.74, 6) is 0. The van der Waals surface area contributed by atoms with Gasteiger partial charge in [0.25, 0.3) is 0 Å². The lowest BCUT2D eigenvalue weighted by atomic mass is 10.0. The zero-order valence-electron chi connectivity index (χ0n) is 10.8. The molecule has 0 heterocycles. The lowest BCUT2D eigenvalue weighted by molar-refractivity contribution is 0.600. The van der Waals surface area contributed by atoms with Gasteiger partial charge in [-0.3, -0.25) is 0 Å². The fourth-order valence-corrected chi connectivity index (χ4v) is 2.88. The lowest BCUT2D eigenvalue weighted by Gasteiger charge is -2.11. The maximum Gasteiger partial charge on any atom is 0.175 e. The third-order valence-electron chi connectivity index (χ3n) is 2.98. The Morgan fingerprint density at radius 2 is 1.71 bits per heavy atom. The van der Waals surface area contributed by atoms with E-state index in [1.165, 1.54) is 6.26 Å². The van der Waals surface area contributed by atoms with Crippen molar-refractivity contribution >= 4 is 9.84 Å². The molecule has 0 bridgehead atoms. The Morgan fingerprint density at radius 1 is 1.12 bits per heavy atom. The van der Waals surface area contributed by atoms with Gasteiger partial charge in [-0.1, -0.05) is 6.07 Å². The highest BCUT2D eigenvalue weighted by atomic mass is 32.2. The molecule has 0 aliphatic heterocycles. The topological polar surface area (TPSA) is 60.2 Å². The molecule has 1 rings (SSSR count). The van der Waals surface area contributed by atoms with Crippen molar-refractivity contribution in [3.63, 3.8) is 0 Å². The number of benzene rings is 1. The second-order valence-electron chi connectivity index (χ2n) is 4.56. The Bertz CT molecular complexity index is 492. The van der Waals surface area contributed by atoms with Crippen LogP contribution in [-0.2, 0) is 16.3 Å². The van der Waals surface area contributed by atoms with E-state index in [9.17, 15) is 8.42 Å². The number of nitrogens with two attached hydrogens (primary N) is 1. The number of aryl methyl sites for hydroxylation is 3. The smallest absolute Gasteiger partial charge is 0.175 e. The first-order chi connectivity index (χ1) is 7.86. The Kier molecular flexibility index (Phi) is 4.71. The van der Waals surface area contributed by atoms with Gasteiger partial charge >= 0.3 is 0 Å². The normalized spacial score (nSPS) is 11.8. The lowest BCUT2D eigenvalue weighted by Crippen LogP contribution is -2.05. The van der Waals surface area contributed by atoms with E-state index in [-0.39, 0.29) is 0 Å². The average Bonchev–Trinajstić information content (AvgIpc) is 2.21. The summed E-state index contributed by atoms with van der Waals surface area (Å²) in [5, 5.41) is 0. The molecule has 0 amide bonds. The second-order valence-corrected chi connectivity index (χ2v) is 6.55. The van der Waals surface area contributed by atoms with Crippen molar-refractivity contribution in [3.8, 4) is 0 Å². The van der Waals surface area contributed by atoms with Gasteiger partial charge < -0.3 is 5.73 Å². The van der Waals surface area contributed by atoms with E-state index in [1.807, 2.05) is 19.9 Å². The summed E-state index contributed by atoms with van der Waals surface area (Å²) in [5.41, 5.74) is 8.53. The van der Waals surface area contributed by atoms with Crippen molar-refractivity contribution in [1.82, 2.24) is 0 Å². The summed E-state index contributed by atoms with van der Waals surface area (Å²) in [6.07, 6.45) is 3.90. The zero-order valence-corrected chi connectivity index (χ0v) is 11.6. The highest BCUT2D eigenvalue weighted by molar-refractivity contribution is 7.90. The first-order valence-corrected chi connectivity index (χ1v) is 7.75. The van der Waals surface area contributed by atoms with E-state index in [4.69, 9.17) is 5.73 Å². The van der Waals surface area contributed by atoms with Crippen LogP contribution in [0.1, 0.15) is 29.5 Å². The van der Waals surface area contributed by atoms with Gasteiger partial charge in [-0.15, -0.1) is 0 Å². The van der Waals surface area contributed by atoms with Gasteiger partial charge in [0.1, 0.15) is 0 Å². The van der Waals surface area contributed by atoms with E-state index in [0.29, 0.717) is 11.4 Å². The average molecular weight is 255 g/mol. The van der Waals surface area contributed by atoms with Crippen LogP contribution < -0.4 is 5.73 Å². The Balaban J connectivity index is 3.13. The van der Waals surface area contributed by atoms with Crippen molar-refractivity contribution in [2.75, 3.05) is 12.8 Å². The van der Waals surface area contributed by atoms with E-state index < -0.39 is 9.84 Å². The van der Waals surface area contributed by atoms with Crippen LogP contribution in [0.5, 0.6) is 0 Å². The summed E-state index contributed by atoms with van der Waals surface area (Å²) in [6, 6.07) is 3.77. The summed E-state index contributed by atoms with van der Waals surface area (Å²) < 4.78 is 23.5. The van der Waals surface area contributed by atoms with E-state index >= 15 is 0 Å². The largest absolute Gasteiger partial charge is 0.330 e.